The van der Waals surface area contributed by atoms with E-state index in [4.69, 9.17) is 4.74 Å². The molecule has 2 amide bonds. The standard InChI is InChI=1S/C32H37F2N7O4/c1-20(42)16-36-32(2,3)15-29(43)37-28(19-45-18-25-26(33)9-6-10-27(25)34)31(44)35-17-21-11-13-22(14-12-21)23-7-4-5-8-24(23)30-38-40-41-39-30/h4-14,20,28,36,42H,15-19H2,1-3H3,(H,35,44)(H,37,43)(H,38,39,40,41)/t20?,28-/m1/s1. The number of carbonyl (C=O) groups is 2. The minimum atomic E-state index is -1.14. The Morgan fingerprint density at radius 2 is 1.69 bits per heavy atom. The van der Waals surface area contributed by atoms with Crippen molar-refractivity contribution in [2.75, 3.05) is 13.2 Å². The number of nitrogens with zero attached hydrogens (tertiary/aromatic N) is 3. The molecule has 13 heteroatoms. The van der Waals surface area contributed by atoms with Crippen molar-refractivity contribution in [3.05, 3.63) is 89.5 Å². The lowest BCUT2D eigenvalue weighted by Crippen LogP contribution is -2.52. The maximum atomic E-state index is 14.1. The lowest BCUT2D eigenvalue weighted by atomic mass is 9.98. The van der Waals surface area contributed by atoms with Gasteiger partial charge in [0.15, 0.2) is 5.82 Å². The van der Waals surface area contributed by atoms with E-state index in [0.717, 1.165) is 34.4 Å². The normalized spacial score (nSPS) is 12.8. The number of β-amino-alcohol motifs (C(OH)–C–C–N with tert-alkyl or cyclic N) is 1. The number of aromatic nitrogens is 4. The summed E-state index contributed by atoms with van der Waals surface area (Å²) < 4.78 is 33.7. The van der Waals surface area contributed by atoms with E-state index in [2.05, 4.69) is 36.6 Å². The Hall–Kier alpha value is -4.59. The van der Waals surface area contributed by atoms with Crippen LogP contribution in [0.25, 0.3) is 22.5 Å². The van der Waals surface area contributed by atoms with E-state index in [9.17, 15) is 23.5 Å². The predicted molar refractivity (Wildman–Crippen MR) is 163 cm³/mol. The molecule has 1 unspecified atom stereocenters. The fraction of sp³-hybridized carbons (Fsp3) is 0.344. The first-order valence-corrected chi connectivity index (χ1v) is 14.5. The molecule has 2 atom stereocenters. The third-order valence-corrected chi connectivity index (χ3v) is 6.98. The number of benzene rings is 3. The number of aliphatic hydroxyl groups is 1. The summed E-state index contributed by atoms with van der Waals surface area (Å²) in [7, 11) is 0. The van der Waals surface area contributed by atoms with Crippen molar-refractivity contribution in [1.82, 2.24) is 36.6 Å². The number of aliphatic hydroxyl groups excluding tert-OH is 1. The maximum absolute atomic E-state index is 14.1. The van der Waals surface area contributed by atoms with Crippen LogP contribution < -0.4 is 16.0 Å². The van der Waals surface area contributed by atoms with Crippen LogP contribution in [0.15, 0.2) is 66.7 Å². The summed E-state index contributed by atoms with van der Waals surface area (Å²) in [4.78, 5) is 26.2. The molecule has 0 radical (unpaired) electrons. The highest BCUT2D eigenvalue weighted by molar-refractivity contribution is 5.88. The van der Waals surface area contributed by atoms with Crippen molar-refractivity contribution < 1.29 is 28.2 Å². The second kappa shape index (κ2) is 15.4. The Bertz CT molecular complexity index is 1540. The number of hydrogen-bond acceptors (Lipinski definition) is 8. The molecule has 11 nitrogen and oxygen atoms in total. The summed E-state index contributed by atoms with van der Waals surface area (Å²) in [5.41, 5.74) is 2.53. The van der Waals surface area contributed by atoms with E-state index in [1.165, 1.54) is 6.07 Å². The van der Waals surface area contributed by atoms with Gasteiger partial charge in [0.25, 0.3) is 0 Å². The fourth-order valence-electron chi connectivity index (χ4n) is 4.59. The fourth-order valence-corrected chi connectivity index (χ4v) is 4.59. The van der Waals surface area contributed by atoms with E-state index in [-0.39, 0.29) is 31.7 Å². The molecule has 0 spiro atoms. The molecule has 0 saturated heterocycles. The number of H-pyrrole nitrogens is 1. The molecule has 4 aromatic rings. The molecule has 0 bridgehead atoms. The average Bonchev–Trinajstić information content (AvgIpc) is 3.55. The summed E-state index contributed by atoms with van der Waals surface area (Å²) in [6, 6.07) is 17.6. The summed E-state index contributed by atoms with van der Waals surface area (Å²) in [6.45, 7) is 4.91. The van der Waals surface area contributed by atoms with Crippen molar-refractivity contribution in [3.63, 3.8) is 0 Å². The van der Waals surface area contributed by atoms with Crippen molar-refractivity contribution in [2.24, 2.45) is 0 Å². The molecule has 0 fully saturated rings. The van der Waals surface area contributed by atoms with E-state index < -0.39 is 47.7 Å². The van der Waals surface area contributed by atoms with E-state index in [0.29, 0.717) is 5.82 Å². The van der Waals surface area contributed by atoms with Gasteiger partial charge in [0.1, 0.15) is 17.7 Å². The SMILES string of the molecule is CC(O)CNC(C)(C)CC(=O)N[C@H](COCc1c(F)cccc1F)C(=O)NCc1ccc(-c2ccccc2-c2nnn[nH]2)cc1. The monoisotopic (exact) mass is 621 g/mol. The van der Waals surface area contributed by atoms with E-state index in [1.807, 2.05) is 48.5 Å². The minimum absolute atomic E-state index is 0.00148. The molecule has 1 aromatic heterocycles. The van der Waals surface area contributed by atoms with E-state index in [1.54, 1.807) is 20.8 Å². The molecule has 5 N–H and O–H groups in total. The molecule has 3 aromatic carbocycles. The zero-order valence-electron chi connectivity index (χ0n) is 25.3. The molecule has 45 heavy (non-hydrogen) atoms. The van der Waals surface area contributed by atoms with Gasteiger partial charge in [-0.05, 0) is 60.0 Å². The Morgan fingerprint density at radius 3 is 2.33 bits per heavy atom. The number of ether oxygens (including phenoxy) is 1. The number of hydrogen-bond donors (Lipinski definition) is 5. The van der Waals surface area contributed by atoms with Gasteiger partial charge in [-0.1, -0.05) is 54.6 Å². The third kappa shape index (κ3) is 9.70. The van der Waals surface area contributed by atoms with Crippen LogP contribution in [0.1, 0.15) is 38.3 Å². The summed E-state index contributed by atoms with van der Waals surface area (Å²) in [5.74, 6) is -1.97. The van der Waals surface area contributed by atoms with Crippen LogP contribution in [0.2, 0.25) is 0 Å². The molecule has 0 aliphatic rings. The van der Waals surface area contributed by atoms with Gasteiger partial charge in [0.2, 0.25) is 11.8 Å². The number of nitrogens with one attached hydrogen (secondary N) is 4. The van der Waals surface area contributed by atoms with Crippen molar-refractivity contribution >= 4 is 11.8 Å². The molecule has 0 aliphatic carbocycles. The van der Waals surface area contributed by atoms with Gasteiger partial charge in [0.05, 0.1) is 19.3 Å². The lowest BCUT2D eigenvalue weighted by molar-refractivity contribution is -0.131. The maximum Gasteiger partial charge on any atom is 0.245 e. The van der Waals surface area contributed by atoms with E-state index >= 15 is 0 Å². The molecule has 4 rings (SSSR count). The van der Waals surface area contributed by atoms with Crippen molar-refractivity contribution in [1.29, 1.82) is 0 Å². The Balaban J connectivity index is 1.41. The second-order valence-electron chi connectivity index (χ2n) is 11.3. The number of amides is 2. The van der Waals surface area contributed by atoms with Crippen LogP contribution >= 0.6 is 0 Å². The zero-order valence-corrected chi connectivity index (χ0v) is 25.3. The first-order valence-electron chi connectivity index (χ1n) is 14.5. The summed E-state index contributed by atoms with van der Waals surface area (Å²) in [6.07, 6.45) is -0.606. The number of rotatable bonds is 15. The molecule has 238 valence electrons. The van der Waals surface area contributed by atoms with Crippen LogP contribution in [0.5, 0.6) is 0 Å². The highest BCUT2D eigenvalue weighted by Gasteiger charge is 2.27. The topological polar surface area (TPSA) is 154 Å². The van der Waals surface area contributed by atoms with Gasteiger partial charge in [-0.15, -0.1) is 5.10 Å². The zero-order chi connectivity index (χ0) is 32.4. The average molecular weight is 622 g/mol. The number of tetrazole rings is 1. The molecular weight excluding hydrogens is 584 g/mol. The van der Waals surface area contributed by atoms with Gasteiger partial charge >= 0.3 is 0 Å². The molecule has 0 aliphatic heterocycles. The van der Waals surface area contributed by atoms with Gasteiger partial charge in [-0.3, -0.25) is 9.59 Å². The lowest BCUT2D eigenvalue weighted by Gasteiger charge is -2.28. The molecule has 0 saturated carbocycles. The first kappa shape index (κ1) is 33.3. The highest BCUT2D eigenvalue weighted by Crippen LogP contribution is 2.29. The Kier molecular flexibility index (Phi) is 11.4. The van der Waals surface area contributed by atoms with Crippen LogP contribution in [0.3, 0.4) is 0 Å². The minimum Gasteiger partial charge on any atom is -0.392 e. The Labute approximate surface area is 259 Å². The number of halogens is 2. The van der Waals surface area contributed by atoms with Gasteiger partial charge in [0, 0.05) is 36.2 Å². The quantitative estimate of drug-likeness (QED) is 0.136. The van der Waals surface area contributed by atoms with Gasteiger partial charge < -0.3 is 25.8 Å². The second-order valence-corrected chi connectivity index (χ2v) is 11.3. The third-order valence-electron chi connectivity index (χ3n) is 6.98. The summed E-state index contributed by atoms with van der Waals surface area (Å²) in [5, 5.41) is 32.3. The molecule has 1 heterocycles. The van der Waals surface area contributed by atoms with Crippen molar-refractivity contribution in [2.45, 2.75) is 58.0 Å². The smallest absolute Gasteiger partial charge is 0.245 e. The molecular formula is C32H37F2N7O4. The first-order chi connectivity index (χ1) is 21.5. The highest BCUT2D eigenvalue weighted by atomic mass is 19.1. The van der Waals surface area contributed by atoms with Crippen molar-refractivity contribution in [3.8, 4) is 22.5 Å². The van der Waals surface area contributed by atoms with Crippen LogP contribution in [0, 0.1) is 11.6 Å². The predicted octanol–water partition coefficient (Wildman–Crippen LogP) is 3.27. The van der Waals surface area contributed by atoms with Gasteiger partial charge in [-0.25, -0.2) is 13.9 Å². The number of aromatic amines is 1. The number of carbonyl (C=O) groups excluding carboxylic acids is 2. The van der Waals surface area contributed by atoms with Crippen LogP contribution in [-0.4, -0.2) is 68.4 Å². The Morgan fingerprint density at radius 1 is 1.00 bits per heavy atom. The summed E-state index contributed by atoms with van der Waals surface area (Å²) >= 11 is 0. The largest absolute Gasteiger partial charge is 0.392 e. The van der Waals surface area contributed by atoms with Crippen LogP contribution in [0.4, 0.5) is 8.78 Å². The van der Waals surface area contributed by atoms with Crippen LogP contribution in [-0.2, 0) is 27.5 Å². The van der Waals surface area contributed by atoms with Gasteiger partial charge in [-0.2, -0.15) is 0 Å².